The Bertz CT molecular complexity index is 2610. The van der Waals surface area contributed by atoms with Crippen molar-refractivity contribution in [1.29, 1.82) is 0 Å². The first kappa shape index (κ1) is 44.9. The lowest BCUT2D eigenvalue weighted by atomic mass is 9.75. The molecule has 344 valence electrons. The highest BCUT2D eigenvalue weighted by molar-refractivity contribution is 6.76. The second kappa shape index (κ2) is 17.8. The number of amides is 3. The van der Waals surface area contributed by atoms with Gasteiger partial charge in [0.15, 0.2) is 0 Å². The number of aromatic nitrogens is 4. The van der Waals surface area contributed by atoms with Crippen molar-refractivity contribution in [2.24, 2.45) is 11.8 Å². The van der Waals surface area contributed by atoms with Gasteiger partial charge in [0.25, 0.3) is 0 Å². The second-order valence-corrected chi connectivity index (χ2v) is 26.2. The number of nitrogens with one attached hydrogen (secondary N) is 2. The van der Waals surface area contributed by atoms with Crippen molar-refractivity contribution in [1.82, 2.24) is 34.6 Å². The van der Waals surface area contributed by atoms with E-state index in [4.69, 9.17) is 24.2 Å². The van der Waals surface area contributed by atoms with Crippen LogP contribution in [0.3, 0.4) is 0 Å². The first-order valence-electron chi connectivity index (χ1n) is 23.6. The number of carbonyl (C=O) groups excluding carboxylic acids is 3. The number of benzene rings is 3. The van der Waals surface area contributed by atoms with Crippen molar-refractivity contribution in [3.8, 4) is 33.5 Å². The third kappa shape index (κ3) is 8.53. The number of methoxy groups -OCH3 is 1. The van der Waals surface area contributed by atoms with E-state index in [-0.39, 0.29) is 35.2 Å². The molecule has 3 atom stereocenters. The van der Waals surface area contributed by atoms with Gasteiger partial charge in [0, 0.05) is 34.2 Å². The molecule has 14 heteroatoms. The standard InChI is InChI=1S/C51H65N7O6Si/c1-31(2)23-45(59)56-19-9-11-42(56)47-52-27-41(53-47)35-14-17-37-36-16-13-33(24-38(36)51(28-64-29-51)39(37)25-35)34-15-18-40-44(26-34)58(30-63-21-22-65(6,7)8)48(54-40)43-12-10-20-57(43)49(60)46(32(3)4)55-50(61)62-5/h13-18,24-27,31-32,42-43,46H,9-12,19-23,28-30H2,1-8H3,(H,52,53)(H,55,61)/t42-,43-,46-/m0/s1. The molecule has 1 aliphatic carbocycles. The van der Waals surface area contributed by atoms with Crippen molar-refractivity contribution in [2.45, 2.75) is 116 Å². The lowest BCUT2D eigenvalue weighted by molar-refractivity contribution is -0.135. The average Bonchev–Trinajstić information content (AvgIpc) is 4.11. The maximum Gasteiger partial charge on any atom is 0.407 e. The topological polar surface area (TPSA) is 144 Å². The van der Waals surface area contributed by atoms with Crippen molar-refractivity contribution < 1.29 is 28.6 Å². The van der Waals surface area contributed by atoms with Crippen LogP contribution >= 0.6 is 0 Å². The van der Waals surface area contributed by atoms with Gasteiger partial charge in [0.2, 0.25) is 11.8 Å². The Morgan fingerprint density at radius 1 is 0.892 bits per heavy atom. The number of rotatable bonds is 14. The second-order valence-electron chi connectivity index (χ2n) is 20.6. The summed E-state index contributed by atoms with van der Waals surface area (Å²) >= 11 is 0. The Balaban J connectivity index is 1.02. The number of aromatic amines is 1. The number of ether oxygens (including phenoxy) is 3. The van der Waals surface area contributed by atoms with Crippen molar-refractivity contribution in [3.05, 3.63) is 83.6 Å². The van der Waals surface area contributed by atoms with Crippen molar-refractivity contribution in [2.75, 3.05) is 40.0 Å². The minimum atomic E-state index is -1.34. The van der Waals surface area contributed by atoms with Gasteiger partial charge in [-0.05, 0) is 107 Å². The zero-order valence-corrected chi connectivity index (χ0v) is 40.3. The summed E-state index contributed by atoms with van der Waals surface area (Å²) in [5.74, 6) is 1.91. The molecule has 0 unspecified atom stereocenters. The van der Waals surface area contributed by atoms with E-state index in [1.54, 1.807) is 0 Å². The molecule has 1 spiro atoms. The predicted octanol–water partition coefficient (Wildman–Crippen LogP) is 9.46. The number of hydrogen-bond acceptors (Lipinski definition) is 8. The number of H-pyrrole nitrogens is 1. The minimum absolute atomic E-state index is 0.0219. The molecule has 5 aromatic rings. The Labute approximate surface area is 383 Å². The normalized spacial score (nSPS) is 19.3. The van der Waals surface area contributed by atoms with Crippen LogP contribution in [0.5, 0.6) is 0 Å². The van der Waals surface area contributed by atoms with Crippen LogP contribution in [0.2, 0.25) is 25.7 Å². The van der Waals surface area contributed by atoms with Gasteiger partial charge in [-0.1, -0.05) is 77.7 Å². The summed E-state index contributed by atoms with van der Waals surface area (Å²) in [4.78, 5) is 57.2. The highest BCUT2D eigenvalue weighted by Gasteiger charge is 2.49. The van der Waals surface area contributed by atoms with Gasteiger partial charge in [-0.25, -0.2) is 14.8 Å². The number of hydrogen-bond donors (Lipinski definition) is 2. The zero-order chi connectivity index (χ0) is 45.8. The molecule has 2 aromatic heterocycles. The molecule has 0 radical (unpaired) electrons. The molecule has 3 aromatic carbocycles. The summed E-state index contributed by atoms with van der Waals surface area (Å²) in [7, 11) is -0.0279. The number of likely N-dealkylation sites (tertiary alicyclic amines) is 2. The minimum Gasteiger partial charge on any atom is -0.453 e. The molecule has 3 fully saturated rings. The number of imidazole rings is 2. The van der Waals surface area contributed by atoms with Crippen molar-refractivity contribution >= 4 is 37.0 Å². The van der Waals surface area contributed by atoms with Crippen LogP contribution in [-0.2, 0) is 35.9 Å². The summed E-state index contributed by atoms with van der Waals surface area (Å²) in [5, 5.41) is 2.78. The fourth-order valence-electron chi connectivity index (χ4n) is 10.4. The van der Waals surface area contributed by atoms with E-state index >= 15 is 0 Å². The maximum absolute atomic E-state index is 14.2. The van der Waals surface area contributed by atoms with E-state index in [0.29, 0.717) is 45.4 Å². The van der Waals surface area contributed by atoms with Gasteiger partial charge < -0.3 is 38.9 Å². The molecule has 5 heterocycles. The van der Waals surface area contributed by atoms with Crippen LogP contribution in [0, 0.1) is 11.8 Å². The zero-order valence-electron chi connectivity index (χ0n) is 39.3. The molecular formula is C51H65N7O6Si. The van der Waals surface area contributed by atoms with E-state index in [9.17, 15) is 14.4 Å². The lowest BCUT2D eigenvalue weighted by Crippen LogP contribution is -2.51. The Hall–Kier alpha value is -5.31. The summed E-state index contributed by atoms with van der Waals surface area (Å²) in [6, 6.07) is 20.0. The predicted molar refractivity (Wildman–Crippen MR) is 255 cm³/mol. The number of alkyl carbamates (subject to hydrolysis) is 1. The van der Waals surface area contributed by atoms with Crippen LogP contribution in [0.15, 0.2) is 60.8 Å². The Kier molecular flexibility index (Phi) is 12.3. The monoisotopic (exact) mass is 899 g/mol. The molecule has 4 aliphatic rings. The fraction of sp³-hybridized carbons (Fsp3) is 0.510. The van der Waals surface area contributed by atoms with Crippen LogP contribution in [0.25, 0.3) is 44.5 Å². The summed E-state index contributed by atoms with van der Waals surface area (Å²) < 4.78 is 19.5. The van der Waals surface area contributed by atoms with Crippen LogP contribution < -0.4 is 5.32 Å². The Morgan fingerprint density at radius 3 is 2.22 bits per heavy atom. The quantitative estimate of drug-likeness (QED) is 0.0829. The van der Waals surface area contributed by atoms with E-state index in [1.165, 1.54) is 29.4 Å². The number of carbonyl (C=O) groups is 3. The van der Waals surface area contributed by atoms with Gasteiger partial charge in [-0.2, -0.15) is 0 Å². The molecule has 9 rings (SSSR count). The van der Waals surface area contributed by atoms with Gasteiger partial charge in [0.1, 0.15) is 24.4 Å². The third-order valence-corrected chi connectivity index (χ3v) is 15.7. The number of fused-ring (bicyclic) bond motifs is 6. The molecule has 2 N–H and O–H groups in total. The van der Waals surface area contributed by atoms with Crippen LogP contribution in [0.1, 0.15) is 94.7 Å². The van der Waals surface area contributed by atoms with Gasteiger partial charge in [-0.3, -0.25) is 9.59 Å². The van der Waals surface area contributed by atoms with Gasteiger partial charge in [-0.15, -0.1) is 0 Å². The first-order valence-corrected chi connectivity index (χ1v) is 27.3. The summed E-state index contributed by atoms with van der Waals surface area (Å²) in [6.45, 7) is 18.6. The molecule has 3 amide bonds. The molecule has 3 saturated heterocycles. The third-order valence-electron chi connectivity index (χ3n) is 14.0. The highest BCUT2D eigenvalue weighted by atomic mass is 28.3. The van der Waals surface area contributed by atoms with Gasteiger partial charge >= 0.3 is 6.09 Å². The fourth-order valence-corrected chi connectivity index (χ4v) is 11.1. The molecule has 65 heavy (non-hydrogen) atoms. The molecular weight excluding hydrogens is 835 g/mol. The molecule has 0 bridgehead atoms. The van der Waals surface area contributed by atoms with Crippen LogP contribution in [0.4, 0.5) is 4.79 Å². The smallest absolute Gasteiger partial charge is 0.407 e. The highest BCUT2D eigenvalue weighted by Crippen LogP contribution is 2.54. The molecule has 3 aliphatic heterocycles. The largest absolute Gasteiger partial charge is 0.453 e. The number of nitrogens with zero attached hydrogens (tertiary/aromatic N) is 5. The molecule has 13 nitrogen and oxygen atoms in total. The molecule has 0 saturated carbocycles. The van der Waals surface area contributed by atoms with E-state index in [1.807, 2.05) is 29.8 Å². The summed E-state index contributed by atoms with van der Waals surface area (Å²) in [5.41, 5.74) is 10.7. The van der Waals surface area contributed by atoms with Crippen LogP contribution in [-0.4, -0.2) is 101 Å². The lowest BCUT2D eigenvalue weighted by Gasteiger charge is -2.40. The Morgan fingerprint density at radius 2 is 1.55 bits per heavy atom. The maximum atomic E-state index is 14.2. The first-order chi connectivity index (χ1) is 31.2. The van der Waals surface area contributed by atoms with Crippen molar-refractivity contribution in [3.63, 3.8) is 0 Å². The van der Waals surface area contributed by atoms with Gasteiger partial charge in [0.05, 0.1) is 60.7 Å². The summed E-state index contributed by atoms with van der Waals surface area (Å²) in [6.07, 6.45) is 5.34. The SMILES string of the molecule is COC(=O)N[C@H](C(=O)N1CCC[C@H]1c1nc2ccc(-c3ccc4c(c3)C3(COC3)c3cc(-c5cnc([C@@H]6CCCN6C(=O)CC(C)C)[nH]5)ccc3-4)cc2n1COCC[Si](C)(C)C)C(C)C. The van der Waals surface area contributed by atoms with E-state index in [0.717, 1.165) is 83.3 Å². The van der Waals surface area contributed by atoms with E-state index in [2.05, 4.69) is 103 Å². The van der Waals surface area contributed by atoms with E-state index < -0.39 is 20.2 Å². The average molecular weight is 900 g/mol.